The molecule has 0 amide bonds. The van der Waals surface area contributed by atoms with Gasteiger partial charge in [0, 0.05) is 5.56 Å². The quantitative estimate of drug-likeness (QED) is 0.656. The van der Waals surface area contributed by atoms with Crippen molar-refractivity contribution in [3.8, 4) is 11.5 Å². The van der Waals surface area contributed by atoms with Gasteiger partial charge in [-0.05, 0) is 58.2 Å². The van der Waals surface area contributed by atoms with Gasteiger partial charge in [0.2, 0.25) is 0 Å². The molecule has 0 saturated carbocycles. The summed E-state index contributed by atoms with van der Waals surface area (Å²) in [7, 11) is 3.39. The molecule has 0 aliphatic heterocycles. The summed E-state index contributed by atoms with van der Waals surface area (Å²) in [5.41, 5.74) is 3.95. The lowest BCUT2D eigenvalue weighted by atomic mass is 10.1. The number of rotatable bonds is 7. The van der Waals surface area contributed by atoms with Gasteiger partial charge >= 0.3 is 0 Å². The summed E-state index contributed by atoms with van der Waals surface area (Å²) >= 11 is 0. The highest BCUT2D eigenvalue weighted by atomic mass is 16.5. The molecular weight excluding hydrogens is 248 g/mol. The fourth-order valence-corrected chi connectivity index (χ4v) is 2.02. The molecule has 0 N–H and O–H groups in total. The van der Waals surface area contributed by atoms with E-state index >= 15 is 0 Å². The summed E-state index contributed by atoms with van der Waals surface area (Å²) in [6.07, 6.45) is 7.65. The molecule has 0 aliphatic rings. The van der Waals surface area contributed by atoms with E-state index in [0.29, 0.717) is 0 Å². The van der Waals surface area contributed by atoms with Crippen LogP contribution in [0, 0.1) is 0 Å². The van der Waals surface area contributed by atoms with Crippen LogP contribution in [0.2, 0.25) is 0 Å². The molecule has 0 heterocycles. The number of benzene rings is 1. The molecule has 20 heavy (non-hydrogen) atoms. The molecule has 0 radical (unpaired) electrons. The minimum absolute atomic E-state index is 0.872. The van der Waals surface area contributed by atoms with Gasteiger partial charge in [-0.2, -0.15) is 0 Å². The van der Waals surface area contributed by atoms with Crippen molar-refractivity contribution >= 4 is 0 Å². The molecule has 0 atom stereocenters. The van der Waals surface area contributed by atoms with Gasteiger partial charge in [-0.25, -0.2) is 0 Å². The van der Waals surface area contributed by atoms with Crippen LogP contribution in [0.3, 0.4) is 0 Å². The molecule has 0 unspecified atom stereocenters. The number of allylic oxidation sites excluding steroid dienone is 4. The van der Waals surface area contributed by atoms with Crippen LogP contribution < -0.4 is 9.47 Å². The third-order valence-electron chi connectivity index (χ3n) is 3.25. The topological polar surface area (TPSA) is 18.5 Å². The van der Waals surface area contributed by atoms with Crippen molar-refractivity contribution in [3.05, 3.63) is 47.1 Å². The van der Waals surface area contributed by atoms with Crippen molar-refractivity contribution < 1.29 is 9.47 Å². The minimum Gasteiger partial charge on any atom is -0.497 e. The van der Waals surface area contributed by atoms with Gasteiger partial charge in [-0.3, -0.25) is 0 Å². The van der Waals surface area contributed by atoms with Crippen LogP contribution in [-0.4, -0.2) is 14.2 Å². The zero-order valence-corrected chi connectivity index (χ0v) is 13.3. The van der Waals surface area contributed by atoms with E-state index in [9.17, 15) is 0 Å². The van der Waals surface area contributed by atoms with E-state index in [2.05, 4.69) is 32.9 Å². The predicted molar refractivity (Wildman–Crippen MR) is 85.7 cm³/mol. The second-order valence-corrected chi connectivity index (χ2v) is 5.25. The Morgan fingerprint density at radius 1 is 1.05 bits per heavy atom. The Morgan fingerprint density at radius 3 is 2.40 bits per heavy atom. The molecule has 1 aromatic carbocycles. The molecule has 0 bridgehead atoms. The molecule has 2 nitrogen and oxygen atoms in total. The molecule has 0 spiro atoms. The Kier molecular flexibility index (Phi) is 6.92. The van der Waals surface area contributed by atoms with Crippen molar-refractivity contribution in [3.63, 3.8) is 0 Å². The highest BCUT2D eigenvalue weighted by molar-refractivity contribution is 5.41. The van der Waals surface area contributed by atoms with Gasteiger partial charge in [-0.15, -0.1) is 0 Å². The monoisotopic (exact) mass is 274 g/mol. The van der Waals surface area contributed by atoms with Crippen molar-refractivity contribution in [1.82, 2.24) is 0 Å². The number of hydrogen-bond acceptors (Lipinski definition) is 2. The van der Waals surface area contributed by atoms with Gasteiger partial charge in [-0.1, -0.05) is 23.3 Å². The van der Waals surface area contributed by atoms with Crippen LogP contribution in [0.4, 0.5) is 0 Å². The normalized spacial score (nSPS) is 11.2. The van der Waals surface area contributed by atoms with Crippen LogP contribution in [0.15, 0.2) is 41.5 Å². The van der Waals surface area contributed by atoms with E-state index < -0.39 is 0 Å². The van der Waals surface area contributed by atoms with Crippen LogP contribution in [0.5, 0.6) is 11.5 Å². The first-order chi connectivity index (χ1) is 9.56. The van der Waals surface area contributed by atoms with Crippen LogP contribution in [-0.2, 0) is 6.42 Å². The predicted octanol–water partition coefficient (Wildman–Crippen LogP) is 4.94. The first-order valence-electron chi connectivity index (χ1n) is 7.06. The first kappa shape index (κ1) is 16.4. The lowest BCUT2D eigenvalue weighted by Crippen LogP contribution is -1.93. The molecule has 110 valence electrons. The zero-order chi connectivity index (χ0) is 15.0. The Bertz CT molecular complexity index is 480. The van der Waals surface area contributed by atoms with Gasteiger partial charge in [0.25, 0.3) is 0 Å². The summed E-state index contributed by atoms with van der Waals surface area (Å²) in [4.78, 5) is 0. The number of ether oxygens (including phenoxy) is 2. The van der Waals surface area contributed by atoms with Gasteiger partial charge < -0.3 is 9.47 Å². The van der Waals surface area contributed by atoms with Gasteiger partial charge in [0.15, 0.2) is 0 Å². The van der Waals surface area contributed by atoms with Crippen LogP contribution >= 0.6 is 0 Å². The van der Waals surface area contributed by atoms with Crippen molar-refractivity contribution in [2.75, 3.05) is 14.2 Å². The standard InChI is InChI=1S/C18H26O2/c1-14(2)7-6-8-15(3)9-10-16-13-17(19-4)11-12-18(16)20-5/h7,9,11-13H,6,8,10H2,1-5H3/b15-9+. The Hall–Kier alpha value is -1.70. The van der Waals surface area contributed by atoms with E-state index in [1.165, 1.54) is 11.1 Å². The maximum Gasteiger partial charge on any atom is 0.122 e. The van der Waals surface area contributed by atoms with E-state index in [1.807, 2.05) is 18.2 Å². The molecule has 0 aliphatic carbocycles. The summed E-state index contributed by atoms with van der Waals surface area (Å²) in [5.74, 6) is 1.79. The third-order valence-corrected chi connectivity index (χ3v) is 3.25. The lowest BCUT2D eigenvalue weighted by Gasteiger charge is -2.09. The SMILES string of the molecule is COc1ccc(OC)c(C/C=C(\C)CCC=C(C)C)c1. The fraction of sp³-hybridized carbons (Fsp3) is 0.444. The van der Waals surface area contributed by atoms with E-state index in [4.69, 9.17) is 9.47 Å². The van der Waals surface area contributed by atoms with Crippen LogP contribution in [0.25, 0.3) is 0 Å². The van der Waals surface area contributed by atoms with Gasteiger partial charge in [0.1, 0.15) is 11.5 Å². The zero-order valence-electron chi connectivity index (χ0n) is 13.3. The molecular formula is C18H26O2. The smallest absolute Gasteiger partial charge is 0.122 e. The van der Waals surface area contributed by atoms with Crippen molar-refractivity contribution in [1.29, 1.82) is 0 Å². The Morgan fingerprint density at radius 2 is 1.80 bits per heavy atom. The van der Waals surface area contributed by atoms with Crippen molar-refractivity contribution in [2.24, 2.45) is 0 Å². The summed E-state index contributed by atoms with van der Waals surface area (Å²) in [6.45, 7) is 6.46. The molecule has 0 aromatic heterocycles. The Labute approximate surface area is 123 Å². The molecule has 1 aromatic rings. The molecule has 0 fully saturated rings. The molecule has 2 heteroatoms. The molecule has 0 saturated heterocycles. The maximum atomic E-state index is 5.40. The highest BCUT2D eigenvalue weighted by Crippen LogP contribution is 2.25. The van der Waals surface area contributed by atoms with E-state index in [-0.39, 0.29) is 0 Å². The first-order valence-corrected chi connectivity index (χ1v) is 7.06. The van der Waals surface area contributed by atoms with E-state index in [1.54, 1.807) is 14.2 Å². The second-order valence-electron chi connectivity index (χ2n) is 5.25. The van der Waals surface area contributed by atoms with Crippen LogP contribution in [0.1, 0.15) is 39.2 Å². The van der Waals surface area contributed by atoms with Gasteiger partial charge in [0.05, 0.1) is 14.2 Å². The third kappa shape index (κ3) is 5.52. The van der Waals surface area contributed by atoms with Crippen molar-refractivity contribution in [2.45, 2.75) is 40.0 Å². The summed E-state index contributed by atoms with van der Waals surface area (Å²) in [5, 5.41) is 0. The number of methoxy groups -OCH3 is 2. The lowest BCUT2D eigenvalue weighted by molar-refractivity contribution is 0.399. The summed E-state index contributed by atoms with van der Waals surface area (Å²) in [6, 6.07) is 5.92. The fourth-order valence-electron chi connectivity index (χ4n) is 2.02. The average Bonchev–Trinajstić information content (AvgIpc) is 2.44. The Balaban J connectivity index is 2.69. The minimum atomic E-state index is 0.872. The largest absolute Gasteiger partial charge is 0.497 e. The second kappa shape index (κ2) is 8.47. The van der Waals surface area contributed by atoms with E-state index in [0.717, 1.165) is 36.3 Å². The summed E-state index contributed by atoms with van der Waals surface area (Å²) < 4.78 is 10.7. The molecule has 1 rings (SSSR count). The highest BCUT2D eigenvalue weighted by Gasteiger charge is 2.03. The average molecular weight is 274 g/mol. The maximum absolute atomic E-state index is 5.40. The number of hydrogen-bond donors (Lipinski definition) is 0.